The zero-order valence-corrected chi connectivity index (χ0v) is 9.53. The number of nitriles is 1. The summed E-state index contributed by atoms with van der Waals surface area (Å²) in [6.07, 6.45) is 3.55. The van der Waals surface area contributed by atoms with E-state index < -0.39 is 5.54 Å². The monoisotopic (exact) mass is 214 g/mol. The number of amidine groups is 1. The van der Waals surface area contributed by atoms with E-state index in [1.54, 1.807) is 33.3 Å². The van der Waals surface area contributed by atoms with E-state index in [2.05, 4.69) is 15.6 Å². The lowest BCUT2D eigenvalue weighted by Gasteiger charge is -2.18. The van der Waals surface area contributed by atoms with Crippen LogP contribution in [0.25, 0.3) is 0 Å². The maximum Gasteiger partial charge on any atom is 0.247 e. The van der Waals surface area contributed by atoms with Gasteiger partial charge in [-0.1, -0.05) is 11.8 Å². The molecule has 5 nitrogen and oxygen atoms in total. The minimum Gasteiger partial charge on any atom is -0.357 e. The Morgan fingerprint density at radius 3 is 2.50 bits per heavy atom. The Labute approximate surface area is 88.0 Å². The van der Waals surface area contributed by atoms with Gasteiger partial charge in [-0.3, -0.25) is 10.1 Å². The number of carbonyl (C=O) groups excluding carboxylic acids is 1. The average molecular weight is 214 g/mol. The normalized spacial score (nSPS) is 11.8. The summed E-state index contributed by atoms with van der Waals surface area (Å²) < 4.78 is 0. The molecule has 0 aliphatic carbocycles. The van der Waals surface area contributed by atoms with Crippen LogP contribution in [0.5, 0.6) is 0 Å². The lowest BCUT2D eigenvalue weighted by atomic mass is 10.1. The fourth-order valence-corrected chi connectivity index (χ4v) is 1.25. The maximum absolute atomic E-state index is 11.4. The van der Waals surface area contributed by atoms with E-state index in [1.165, 1.54) is 11.8 Å². The Kier molecular flexibility index (Phi) is 5.02. The highest BCUT2D eigenvalue weighted by molar-refractivity contribution is 8.13. The third-order valence-electron chi connectivity index (χ3n) is 1.52. The van der Waals surface area contributed by atoms with E-state index in [0.29, 0.717) is 5.17 Å². The molecule has 0 aromatic carbocycles. The van der Waals surface area contributed by atoms with Crippen molar-refractivity contribution >= 4 is 22.8 Å². The minimum absolute atomic E-state index is 0.191. The van der Waals surface area contributed by atoms with E-state index in [9.17, 15) is 4.79 Å². The molecule has 0 aliphatic rings. The van der Waals surface area contributed by atoms with E-state index in [-0.39, 0.29) is 5.91 Å². The van der Waals surface area contributed by atoms with Gasteiger partial charge in [0.05, 0.1) is 0 Å². The summed E-state index contributed by atoms with van der Waals surface area (Å²) >= 11 is 1.29. The number of aliphatic imine (C=N–C) groups is 1. The molecule has 2 N–H and O–H groups in total. The van der Waals surface area contributed by atoms with E-state index >= 15 is 0 Å². The van der Waals surface area contributed by atoms with E-state index in [1.807, 2.05) is 0 Å². The molecule has 0 rings (SSSR count). The van der Waals surface area contributed by atoms with Crippen molar-refractivity contribution in [3.05, 3.63) is 0 Å². The first kappa shape index (κ1) is 12.8. The maximum atomic E-state index is 11.4. The van der Waals surface area contributed by atoms with Crippen LogP contribution < -0.4 is 10.6 Å². The Balaban J connectivity index is 4.74. The molecule has 78 valence electrons. The molecular weight excluding hydrogens is 200 g/mol. The second kappa shape index (κ2) is 5.50. The molecule has 0 unspecified atom stereocenters. The van der Waals surface area contributed by atoms with Crippen LogP contribution in [0.4, 0.5) is 0 Å². The van der Waals surface area contributed by atoms with Crippen molar-refractivity contribution in [3.63, 3.8) is 0 Å². The second-order valence-corrected chi connectivity index (χ2v) is 3.79. The predicted molar refractivity (Wildman–Crippen MR) is 57.8 cm³/mol. The van der Waals surface area contributed by atoms with Gasteiger partial charge in [0, 0.05) is 7.05 Å². The van der Waals surface area contributed by atoms with Gasteiger partial charge in [-0.2, -0.15) is 5.26 Å². The number of carbonyl (C=O) groups is 1. The van der Waals surface area contributed by atoms with Gasteiger partial charge in [-0.05, 0) is 20.1 Å². The third-order valence-corrected chi connectivity index (χ3v) is 2.10. The summed E-state index contributed by atoms with van der Waals surface area (Å²) in [6.45, 7) is 3.36. The van der Waals surface area contributed by atoms with Gasteiger partial charge in [-0.15, -0.1) is 0 Å². The number of rotatable bonds is 2. The highest BCUT2D eigenvalue weighted by Crippen LogP contribution is 2.11. The fourth-order valence-electron chi connectivity index (χ4n) is 0.783. The van der Waals surface area contributed by atoms with E-state index in [4.69, 9.17) is 5.26 Å². The highest BCUT2D eigenvalue weighted by atomic mass is 32.2. The summed E-state index contributed by atoms with van der Waals surface area (Å²) in [5.41, 5.74) is -0.864. The number of likely N-dealkylation sites (N-methyl/N-ethyl adjacent to an activating group) is 1. The number of amides is 1. The van der Waals surface area contributed by atoms with Crippen LogP contribution >= 0.6 is 11.8 Å². The van der Waals surface area contributed by atoms with Crippen LogP contribution in [0.3, 0.4) is 0 Å². The smallest absolute Gasteiger partial charge is 0.247 e. The average Bonchev–Trinajstić information content (AvgIpc) is 2.15. The molecule has 0 aliphatic heterocycles. The summed E-state index contributed by atoms with van der Waals surface area (Å²) in [7, 11) is 1.55. The summed E-state index contributed by atoms with van der Waals surface area (Å²) in [6, 6.07) is 0. The molecule has 0 spiro atoms. The standard InChI is InChI=1S/C8H14N4OS/c1-8(2,6(13)10-3)12-7(14-4)11-5-9/h1-4H3,(H,10,13)(H,11,12). The number of hydrogen-bond donors (Lipinski definition) is 2. The summed E-state index contributed by atoms with van der Waals surface area (Å²) in [5.74, 6) is -0.191. The topological polar surface area (TPSA) is 77.3 Å². The Morgan fingerprint density at radius 2 is 2.14 bits per heavy atom. The van der Waals surface area contributed by atoms with Crippen LogP contribution in [0.2, 0.25) is 0 Å². The molecule has 0 saturated heterocycles. The quantitative estimate of drug-likeness (QED) is 0.300. The molecule has 0 aromatic heterocycles. The fraction of sp³-hybridized carbons (Fsp3) is 0.625. The van der Waals surface area contributed by atoms with Crippen molar-refractivity contribution in [2.24, 2.45) is 4.99 Å². The molecule has 0 heterocycles. The summed E-state index contributed by atoms with van der Waals surface area (Å²) in [4.78, 5) is 15.5. The number of nitrogens with one attached hydrogen (secondary N) is 2. The van der Waals surface area contributed by atoms with Crippen LogP contribution in [0.1, 0.15) is 13.8 Å². The van der Waals surface area contributed by atoms with Crippen LogP contribution in [0, 0.1) is 11.5 Å². The number of nitrogens with zero attached hydrogens (tertiary/aromatic N) is 2. The van der Waals surface area contributed by atoms with Gasteiger partial charge in [0.2, 0.25) is 5.91 Å². The minimum atomic E-state index is -0.864. The zero-order valence-electron chi connectivity index (χ0n) is 8.71. The first-order chi connectivity index (χ1) is 6.47. The van der Waals surface area contributed by atoms with Crippen LogP contribution in [-0.2, 0) is 4.79 Å². The number of thioether (sulfide) groups is 1. The van der Waals surface area contributed by atoms with Gasteiger partial charge in [0.15, 0.2) is 11.4 Å². The molecular formula is C8H14N4OS. The van der Waals surface area contributed by atoms with Crippen molar-refractivity contribution in [3.8, 4) is 6.19 Å². The zero-order chi connectivity index (χ0) is 11.2. The van der Waals surface area contributed by atoms with Crippen molar-refractivity contribution in [2.75, 3.05) is 13.3 Å². The van der Waals surface area contributed by atoms with Crippen molar-refractivity contribution in [1.82, 2.24) is 10.6 Å². The molecule has 0 fully saturated rings. The predicted octanol–water partition coefficient (Wildman–Crippen LogP) is 0.301. The lowest BCUT2D eigenvalue weighted by molar-refractivity contribution is -0.124. The third kappa shape index (κ3) is 3.66. The number of hydrogen-bond acceptors (Lipinski definition) is 4. The largest absolute Gasteiger partial charge is 0.357 e. The van der Waals surface area contributed by atoms with Gasteiger partial charge >= 0.3 is 0 Å². The Morgan fingerprint density at radius 1 is 1.57 bits per heavy atom. The SMILES string of the molecule is CNC(=O)C(C)(C)N=C(NC#N)SC. The molecule has 6 heteroatoms. The summed E-state index contributed by atoms with van der Waals surface area (Å²) in [5, 5.41) is 13.8. The van der Waals surface area contributed by atoms with Crippen LogP contribution in [0.15, 0.2) is 4.99 Å². The van der Waals surface area contributed by atoms with Crippen LogP contribution in [-0.4, -0.2) is 29.9 Å². The van der Waals surface area contributed by atoms with Crippen molar-refractivity contribution in [1.29, 1.82) is 5.26 Å². The van der Waals surface area contributed by atoms with Gasteiger partial charge in [0.25, 0.3) is 0 Å². The molecule has 1 amide bonds. The molecule has 0 aromatic rings. The molecule has 14 heavy (non-hydrogen) atoms. The first-order valence-corrected chi connectivity index (χ1v) is 5.21. The Bertz CT molecular complexity index is 280. The van der Waals surface area contributed by atoms with Gasteiger partial charge in [0.1, 0.15) is 5.54 Å². The highest BCUT2D eigenvalue weighted by Gasteiger charge is 2.26. The van der Waals surface area contributed by atoms with Gasteiger partial charge in [-0.25, -0.2) is 4.99 Å². The van der Waals surface area contributed by atoms with Crippen molar-refractivity contribution < 1.29 is 4.79 Å². The Hall–Kier alpha value is -1.22. The molecule has 0 radical (unpaired) electrons. The van der Waals surface area contributed by atoms with Gasteiger partial charge < -0.3 is 5.32 Å². The molecule has 0 bridgehead atoms. The second-order valence-electron chi connectivity index (χ2n) is 3.00. The molecule has 0 saturated carbocycles. The lowest BCUT2D eigenvalue weighted by Crippen LogP contribution is -2.40. The first-order valence-electron chi connectivity index (χ1n) is 3.99. The van der Waals surface area contributed by atoms with Crippen molar-refractivity contribution in [2.45, 2.75) is 19.4 Å². The van der Waals surface area contributed by atoms with E-state index in [0.717, 1.165) is 0 Å². The molecule has 0 atom stereocenters.